The molecule has 3 heterocycles. The number of nitrogens with zero attached hydrogens (tertiary/aromatic N) is 4. The Balaban J connectivity index is 0.00000103. The van der Waals surface area contributed by atoms with Crippen molar-refractivity contribution in [1.82, 2.24) is 14.8 Å². The van der Waals surface area contributed by atoms with Gasteiger partial charge in [-0.3, -0.25) is 14.6 Å². The van der Waals surface area contributed by atoms with Crippen molar-refractivity contribution in [1.29, 1.82) is 0 Å². The van der Waals surface area contributed by atoms with E-state index in [1.807, 2.05) is 19.1 Å². The van der Waals surface area contributed by atoms with Crippen molar-refractivity contribution in [3.63, 3.8) is 0 Å². The maximum absolute atomic E-state index is 10.5. The Morgan fingerprint density at radius 1 is 1.15 bits per heavy atom. The largest absolute Gasteiger partial charge is 0.508 e. The molecule has 34 heavy (non-hydrogen) atoms. The number of hydrogen-bond donors (Lipinski definition) is 4. The number of carbonyl (C=O) groups is 1. The summed E-state index contributed by atoms with van der Waals surface area (Å²) in [6.45, 7) is 11.1. The molecule has 0 spiro atoms. The number of benzene rings is 1. The summed E-state index contributed by atoms with van der Waals surface area (Å²) < 4.78 is 0. The molecule has 1 aromatic heterocycles. The number of amides is 1. The Labute approximate surface area is 202 Å². The van der Waals surface area contributed by atoms with Crippen molar-refractivity contribution < 1.29 is 15.0 Å². The molecule has 1 unspecified atom stereocenters. The minimum Gasteiger partial charge on any atom is -0.508 e. The van der Waals surface area contributed by atoms with Crippen LogP contribution in [0.1, 0.15) is 32.3 Å². The fraction of sp³-hybridized carbons (Fsp3) is 0.520. The van der Waals surface area contributed by atoms with Crippen LogP contribution in [-0.2, 0) is 11.3 Å². The van der Waals surface area contributed by atoms with Crippen molar-refractivity contribution in [2.75, 3.05) is 49.5 Å². The third-order valence-electron chi connectivity index (χ3n) is 6.58. The molecule has 186 valence electrons. The second kappa shape index (κ2) is 12.4. The Hall–Kier alpha value is -3.04. The van der Waals surface area contributed by atoms with Gasteiger partial charge in [-0.15, -0.1) is 0 Å². The van der Waals surface area contributed by atoms with Gasteiger partial charge in [0, 0.05) is 50.9 Å². The third kappa shape index (κ3) is 6.74. The van der Waals surface area contributed by atoms with Crippen molar-refractivity contribution in [3.05, 3.63) is 42.1 Å². The summed E-state index contributed by atoms with van der Waals surface area (Å²) in [4.78, 5) is 20.5. The zero-order valence-corrected chi connectivity index (χ0v) is 20.2. The highest BCUT2D eigenvalue weighted by molar-refractivity contribution is 5.59. The number of phenolic OH excluding ortho intramolecular Hbond substituents is 1. The number of aromatic nitrogens is 1. The molecule has 9 heteroatoms. The number of aromatic hydroxyl groups is 2. The summed E-state index contributed by atoms with van der Waals surface area (Å²) in [6.07, 6.45) is 4.42. The summed E-state index contributed by atoms with van der Waals surface area (Å²) in [5, 5.41) is 23.1. The molecule has 0 bridgehead atoms. The summed E-state index contributed by atoms with van der Waals surface area (Å²) in [5.41, 5.74) is 6.28. The standard InChI is InChI=1S/C24H35N5O2.CH3NO/c1-3-25-20-14-23(31)24(26-15-20)28-12-13-29(18(2)16-28)21-8-10-27(11-9-21)17-19-4-6-22(30)7-5-19;2-1-3/h4-7,14-15,18,21,25,30-31H,3,8-13,16-17H2,1-2H3;1H,(H2,2,3). The van der Waals surface area contributed by atoms with E-state index in [1.165, 1.54) is 18.4 Å². The van der Waals surface area contributed by atoms with Gasteiger partial charge in [0.25, 0.3) is 0 Å². The maximum Gasteiger partial charge on any atom is 0.204 e. The molecule has 0 radical (unpaired) electrons. The molecule has 2 aromatic rings. The molecule has 2 saturated heterocycles. The molecule has 2 aliphatic rings. The molecular formula is C25H38N6O3. The average Bonchev–Trinajstić information content (AvgIpc) is 2.82. The maximum atomic E-state index is 10.5. The lowest BCUT2D eigenvalue weighted by Gasteiger charge is -2.46. The lowest BCUT2D eigenvalue weighted by Crippen LogP contribution is -2.57. The Morgan fingerprint density at radius 3 is 2.41 bits per heavy atom. The number of phenols is 1. The molecular weight excluding hydrogens is 432 g/mol. The summed E-state index contributed by atoms with van der Waals surface area (Å²) in [6, 6.07) is 10.4. The van der Waals surface area contributed by atoms with Crippen molar-refractivity contribution >= 4 is 17.9 Å². The van der Waals surface area contributed by atoms with Crippen LogP contribution in [0.2, 0.25) is 0 Å². The fourth-order valence-corrected chi connectivity index (χ4v) is 4.97. The first-order valence-electron chi connectivity index (χ1n) is 12.0. The topological polar surface area (TPSA) is 118 Å². The number of nitrogens with two attached hydrogens (primary N) is 1. The first-order chi connectivity index (χ1) is 16.4. The highest BCUT2D eigenvalue weighted by atomic mass is 16.3. The van der Waals surface area contributed by atoms with Gasteiger partial charge in [0.1, 0.15) is 5.75 Å². The van der Waals surface area contributed by atoms with Crippen LogP contribution in [0.3, 0.4) is 0 Å². The SMILES string of the molecule is CCNc1cnc(N2CCN(C3CCN(Cc4ccc(O)cc4)CC3)C(C)C2)c(O)c1.NC=O. The van der Waals surface area contributed by atoms with E-state index in [1.54, 1.807) is 24.4 Å². The van der Waals surface area contributed by atoms with Crippen LogP contribution in [0.15, 0.2) is 36.5 Å². The minimum atomic E-state index is 0.250. The van der Waals surface area contributed by atoms with Crippen LogP contribution in [0, 0.1) is 0 Å². The first kappa shape index (κ1) is 25.6. The molecule has 0 aliphatic carbocycles. The van der Waals surface area contributed by atoms with E-state index < -0.39 is 0 Å². The van der Waals surface area contributed by atoms with E-state index in [0.717, 1.165) is 51.5 Å². The number of piperidine rings is 1. The molecule has 4 rings (SSSR count). The number of nitrogens with one attached hydrogen (secondary N) is 1. The lowest BCUT2D eigenvalue weighted by atomic mass is 9.99. The van der Waals surface area contributed by atoms with Crippen LogP contribution >= 0.6 is 0 Å². The van der Waals surface area contributed by atoms with E-state index in [0.29, 0.717) is 23.7 Å². The van der Waals surface area contributed by atoms with Gasteiger partial charge in [-0.2, -0.15) is 0 Å². The highest BCUT2D eigenvalue weighted by Crippen LogP contribution is 2.30. The Kier molecular flexibility index (Phi) is 9.35. The van der Waals surface area contributed by atoms with E-state index in [4.69, 9.17) is 4.79 Å². The predicted molar refractivity (Wildman–Crippen MR) is 135 cm³/mol. The van der Waals surface area contributed by atoms with Gasteiger partial charge >= 0.3 is 0 Å². The van der Waals surface area contributed by atoms with Gasteiger partial charge in [0.05, 0.1) is 11.9 Å². The molecule has 2 fully saturated rings. The van der Waals surface area contributed by atoms with E-state index in [9.17, 15) is 10.2 Å². The third-order valence-corrected chi connectivity index (χ3v) is 6.58. The van der Waals surface area contributed by atoms with Crippen molar-refractivity contribution in [2.24, 2.45) is 5.73 Å². The zero-order valence-electron chi connectivity index (χ0n) is 20.2. The fourth-order valence-electron chi connectivity index (χ4n) is 4.97. The van der Waals surface area contributed by atoms with Gasteiger partial charge in [0.2, 0.25) is 6.41 Å². The quantitative estimate of drug-likeness (QED) is 0.475. The Bertz CT molecular complexity index is 902. The number of hydrogen-bond acceptors (Lipinski definition) is 8. The smallest absolute Gasteiger partial charge is 0.204 e. The number of anilines is 2. The number of carbonyl (C=O) groups excluding carboxylic acids is 1. The second-order valence-electron chi connectivity index (χ2n) is 8.94. The van der Waals surface area contributed by atoms with Gasteiger partial charge in [-0.25, -0.2) is 4.98 Å². The van der Waals surface area contributed by atoms with Gasteiger partial charge < -0.3 is 26.2 Å². The predicted octanol–water partition coefficient (Wildman–Crippen LogP) is 2.20. The molecule has 0 saturated carbocycles. The summed E-state index contributed by atoms with van der Waals surface area (Å²) in [7, 11) is 0. The van der Waals surface area contributed by atoms with E-state index >= 15 is 0 Å². The number of piperazine rings is 1. The van der Waals surface area contributed by atoms with Gasteiger partial charge in [-0.1, -0.05) is 12.1 Å². The summed E-state index contributed by atoms with van der Waals surface area (Å²) in [5.74, 6) is 1.27. The van der Waals surface area contributed by atoms with Crippen LogP contribution < -0.4 is 16.0 Å². The lowest BCUT2D eigenvalue weighted by molar-refractivity contribution is -0.106. The van der Waals surface area contributed by atoms with Gasteiger partial charge in [0.15, 0.2) is 11.6 Å². The molecule has 5 N–H and O–H groups in total. The van der Waals surface area contributed by atoms with Crippen molar-refractivity contribution in [3.8, 4) is 11.5 Å². The number of likely N-dealkylation sites (tertiary alicyclic amines) is 1. The minimum absolute atomic E-state index is 0.250. The summed E-state index contributed by atoms with van der Waals surface area (Å²) >= 11 is 0. The Morgan fingerprint density at radius 2 is 1.82 bits per heavy atom. The second-order valence-corrected chi connectivity index (χ2v) is 8.94. The first-order valence-corrected chi connectivity index (χ1v) is 12.0. The molecule has 9 nitrogen and oxygen atoms in total. The number of rotatable bonds is 6. The molecule has 2 aliphatic heterocycles. The monoisotopic (exact) mass is 470 g/mol. The number of primary amides is 1. The molecule has 1 aromatic carbocycles. The van der Waals surface area contributed by atoms with Crippen molar-refractivity contribution in [2.45, 2.75) is 45.3 Å². The highest BCUT2D eigenvalue weighted by Gasteiger charge is 2.32. The van der Waals surface area contributed by atoms with Crippen LogP contribution in [0.4, 0.5) is 11.5 Å². The zero-order chi connectivity index (χ0) is 24.5. The van der Waals surface area contributed by atoms with E-state index in [2.05, 4.69) is 37.7 Å². The van der Waals surface area contributed by atoms with Crippen LogP contribution in [0.25, 0.3) is 0 Å². The average molecular weight is 471 g/mol. The van der Waals surface area contributed by atoms with E-state index in [-0.39, 0.29) is 12.2 Å². The van der Waals surface area contributed by atoms with Crippen LogP contribution in [-0.4, -0.2) is 82.8 Å². The van der Waals surface area contributed by atoms with Gasteiger partial charge in [-0.05, 0) is 57.5 Å². The molecule has 1 atom stereocenters. The van der Waals surface area contributed by atoms with Crippen LogP contribution in [0.5, 0.6) is 11.5 Å². The molecule has 1 amide bonds. The number of pyridine rings is 1. The normalized spacial score (nSPS) is 19.8.